The van der Waals surface area contributed by atoms with Crippen molar-refractivity contribution in [2.75, 3.05) is 25.6 Å². The van der Waals surface area contributed by atoms with E-state index in [-0.39, 0.29) is 6.04 Å². The average Bonchev–Trinajstić information content (AvgIpc) is 2.27. The number of rotatable bonds is 4. The quantitative estimate of drug-likeness (QED) is 0.735. The molecule has 0 bridgehead atoms. The zero-order valence-corrected chi connectivity index (χ0v) is 10.1. The summed E-state index contributed by atoms with van der Waals surface area (Å²) in [5.74, 6) is -0.107. The summed E-state index contributed by atoms with van der Waals surface area (Å²) in [6.07, 6.45) is -1.74. The molecule has 1 rings (SSSR count). The van der Waals surface area contributed by atoms with E-state index in [2.05, 4.69) is 4.74 Å². The van der Waals surface area contributed by atoms with E-state index in [0.29, 0.717) is 12.4 Å². The Bertz CT molecular complexity index is 260. The van der Waals surface area contributed by atoms with Crippen molar-refractivity contribution in [3.63, 3.8) is 0 Å². The molecule has 1 aliphatic heterocycles. The van der Waals surface area contributed by atoms with E-state index in [1.807, 2.05) is 0 Å². The molecule has 1 atom stereocenters. The zero-order valence-electron chi connectivity index (χ0n) is 9.30. The first kappa shape index (κ1) is 14.6. The Morgan fingerprint density at radius 1 is 1.41 bits per heavy atom. The van der Waals surface area contributed by atoms with Crippen molar-refractivity contribution in [3.8, 4) is 0 Å². The molecule has 0 radical (unpaired) electrons. The normalized spacial score (nSPS) is 21.6. The van der Waals surface area contributed by atoms with Crippen LogP contribution in [0.1, 0.15) is 19.3 Å². The van der Waals surface area contributed by atoms with Gasteiger partial charge in [-0.25, -0.2) is 0 Å². The third kappa shape index (κ3) is 5.12. The van der Waals surface area contributed by atoms with Crippen molar-refractivity contribution >= 4 is 17.5 Å². The lowest BCUT2D eigenvalue weighted by Crippen LogP contribution is -2.46. The number of hydrogen-bond acceptors (Lipinski definition) is 2. The third-order valence-electron chi connectivity index (χ3n) is 2.62. The van der Waals surface area contributed by atoms with Gasteiger partial charge in [-0.2, -0.15) is 13.2 Å². The van der Waals surface area contributed by atoms with E-state index < -0.39 is 25.3 Å². The number of carbonyl (C=O) groups is 1. The molecule has 0 aromatic rings. The Hall–Kier alpha value is -0.490. The summed E-state index contributed by atoms with van der Waals surface area (Å²) in [6.45, 7) is -1.38. The standard InChI is InChI=1S/C10H15ClF3NO2/c11-5-8-3-1-2-4-15(8)9(16)6-17-7-10(12,13)14/h8H,1-7H2. The number of hydrogen-bond donors (Lipinski definition) is 0. The van der Waals surface area contributed by atoms with Crippen LogP contribution in [0, 0.1) is 0 Å². The highest BCUT2D eigenvalue weighted by atomic mass is 35.5. The van der Waals surface area contributed by atoms with Crippen molar-refractivity contribution in [3.05, 3.63) is 0 Å². The fourth-order valence-corrected chi connectivity index (χ4v) is 2.15. The first-order valence-corrected chi connectivity index (χ1v) is 5.97. The number of nitrogens with zero attached hydrogens (tertiary/aromatic N) is 1. The van der Waals surface area contributed by atoms with E-state index >= 15 is 0 Å². The van der Waals surface area contributed by atoms with Crippen molar-refractivity contribution in [2.45, 2.75) is 31.5 Å². The van der Waals surface area contributed by atoms with Crippen LogP contribution < -0.4 is 0 Å². The molecule has 1 amide bonds. The van der Waals surface area contributed by atoms with E-state index in [1.54, 1.807) is 0 Å². The van der Waals surface area contributed by atoms with Crippen molar-refractivity contribution < 1.29 is 22.7 Å². The summed E-state index contributed by atoms with van der Waals surface area (Å²) in [6, 6.07) is -0.0765. The first-order valence-electron chi connectivity index (χ1n) is 5.44. The lowest BCUT2D eigenvalue weighted by atomic mass is 10.0. The first-order chi connectivity index (χ1) is 7.94. The predicted molar refractivity (Wildman–Crippen MR) is 56.9 cm³/mol. The largest absolute Gasteiger partial charge is 0.411 e. The van der Waals surface area contributed by atoms with Crippen LogP contribution in [0.25, 0.3) is 0 Å². The Morgan fingerprint density at radius 2 is 2.12 bits per heavy atom. The molecular weight excluding hydrogens is 259 g/mol. The molecule has 0 aliphatic carbocycles. The number of likely N-dealkylation sites (tertiary alicyclic amines) is 1. The van der Waals surface area contributed by atoms with Crippen LogP contribution in [0.5, 0.6) is 0 Å². The van der Waals surface area contributed by atoms with E-state index in [1.165, 1.54) is 4.90 Å². The number of ether oxygens (including phenoxy) is 1. The minimum absolute atomic E-state index is 0.0765. The third-order valence-corrected chi connectivity index (χ3v) is 2.97. The molecule has 1 heterocycles. The minimum atomic E-state index is -4.39. The van der Waals surface area contributed by atoms with Crippen LogP contribution in [0.15, 0.2) is 0 Å². The summed E-state index contributed by atoms with van der Waals surface area (Å²) in [5, 5.41) is 0. The molecule has 1 fully saturated rings. The van der Waals surface area contributed by atoms with Crippen molar-refractivity contribution in [2.24, 2.45) is 0 Å². The van der Waals surface area contributed by atoms with E-state index in [4.69, 9.17) is 11.6 Å². The molecule has 1 saturated heterocycles. The second-order valence-electron chi connectivity index (χ2n) is 4.00. The number of alkyl halides is 4. The van der Waals surface area contributed by atoms with Crippen LogP contribution >= 0.6 is 11.6 Å². The van der Waals surface area contributed by atoms with Crippen LogP contribution in [0.4, 0.5) is 13.2 Å². The van der Waals surface area contributed by atoms with Gasteiger partial charge in [-0.05, 0) is 19.3 Å². The molecule has 1 unspecified atom stereocenters. The maximum atomic E-state index is 11.8. The van der Waals surface area contributed by atoms with Crippen molar-refractivity contribution in [1.29, 1.82) is 0 Å². The highest BCUT2D eigenvalue weighted by Gasteiger charge is 2.30. The highest BCUT2D eigenvalue weighted by Crippen LogP contribution is 2.19. The monoisotopic (exact) mass is 273 g/mol. The molecule has 0 aromatic carbocycles. The van der Waals surface area contributed by atoms with Gasteiger partial charge >= 0.3 is 6.18 Å². The van der Waals surface area contributed by atoms with Crippen LogP contribution in [0.2, 0.25) is 0 Å². The summed E-state index contributed by atoms with van der Waals surface area (Å²) in [4.78, 5) is 13.1. The second-order valence-corrected chi connectivity index (χ2v) is 4.31. The molecular formula is C10H15ClF3NO2. The SMILES string of the molecule is O=C(COCC(F)(F)F)N1CCCCC1CCl. The topological polar surface area (TPSA) is 29.5 Å². The molecule has 0 N–H and O–H groups in total. The van der Waals surface area contributed by atoms with Crippen LogP contribution in [-0.4, -0.2) is 48.7 Å². The molecule has 3 nitrogen and oxygen atoms in total. The number of carbonyl (C=O) groups excluding carboxylic acids is 1. The molecule has 0 aromatic heterocycles. The number of piperidine rings is 1. The van der Waals surface area contributed by atoms with Gasteiger partial charge in [0.1, 0.15) is 13.2 Å². The maximum Gasteiger partial charge on any atom is 0.411 e. The Balaban J connectivity index is 2.35. The lowest BCUT2D eigenvalue weighted by molar-refractivity contribution is -0.178. The molecule has 17 heavy (non-hydrogen) atoms. The smallest absolute Gasteiger partial charge is 0.362 e. The lowest BCUT2D eigenvalue weighted by Gasteiger charge is -2.34. The Labute approximate surface area is 103 Å². The predicted octanol–water partition coefficient (Wildman–Crippen LogP) is 2.19. The Morgan fingerprint density at radius 3 is 2.71 bits per heavy atom. The van der Waals surface area contributed by atoms with Gasteiger partial charge in [0, 0.05) is 18.5 Å². The van der Waals surface area contributed by atoms with E-state index in [0.717, 1.165) is 19.3 Å². The number of amides is 1. The van der Waals surface area contributed by atoms with Crippen molar-refractivity contribution in [1.82, 2.24) is 4.90 Å². The summed E-state index contributed by atoms with van der Waals surface area (Å²) < 4.78 is 39.8. The van der Waals surface area contributed by atoms with Gasteiger partial charge in [-0.15, -0.1) is 11.6 Å². The van der Waals surface area contributed by atoms with Gasteiger partial charge < -0.3 is 9.64 Å². The summed E-state index contributed by atoms with van der Waals surface area (Å²) in [7, 11) is 0. The van der Waals surface area contributed by atoms with Crippen LogP contribution in [0.3, 0.4) is 0 Å². The second kappa shape index (κ2) is 6.44. The fraction of sp³-hybridized carbons (Fsp3) is 0.900. The average molecular weight is 274 g/mol. The molecule has 1 aliphatic rings. The van der Waals surface area contributed by atoms with Gasteiger partial charge in [-0.1, -0.05) is 0 Å². The van der Waals surface area contributed by atoms with Gasteiger partial charge in [0.2, 0.25) is 5.91 Å². The highest BCUT2D eigenvalue weighted by molar-refractivity contribution is 6.18. The van der Waals surface area contributed by atoms with Gasteiger partial charge in [0.15, 0.2) is 0 Å². The summed E-state index contributed by atoms with van der Waals surface area (Å²) >= 11 is 5.71. The minimum Gasteiger partial charge on any atom is -0.362 e. The maximum absolute atomic E-state index is 11.8. The van der Waals surface area contributed by atoms with Gasteiger partial charge in [-0.3, -0.25) is 4.79 Å². The zero-order chi connectivity index (χ0) is 12.9. The Kier molecular flexibility index (Phi) is 5.52. The molecule has 0 saturated carbocycles. The van der Waals surface area contributed by atoms with Gasteiger partial charge in [0.05, 0.1) is 0 Å². The number of halogens is 4. The van der Waals surface area contributed by atoms with Gasteiger partial charge in [0.25, 0.3) is 0 Å². The summed E-state index contributed by atoms with van der Waals surface area (Å²) in [5.41, 5.74) is 0. The van der Waals surface area contributed by atoms with E-state index in [9.17, 15) is 18.0 Å². The molecule has 0 spiro atoms. The van der Waals surface area contributed by atoms with Crippen LogP contribution in [-0.2, 0) is 9.53 Å². The molecule has 100 valence electrons. The fourth-order valence-electron chi connectivity index (χ4n) is 1.83. The molecule has 7 heteroatoms.